The van der Waals surface area contributed by atoms with Crippen molar-refractivity contribution >= 4 is 12.3 Å². The van der Waals surface area contributed by atoms with Crippen molar-refractivity contribution in [1.29, 1.82) is 0 Å². The van der Waals surface area contributed by atoms with Crippen LogP contribution >= 0.6 is 0 Å². The predicted molar refractivity (Wildman–Crippen MR) is 93.1 cm³/mol. The summed E-state index contributed by atoms with van der Waals surface area (Å²) >= 11 is 0. The van der Waals surface area contributed by atoms with E-state index in [0.29, 0.717) is 5.56 Å². The largest absolute Gasteiger partial charge is 0.494 e. The zero-order chi connectivity index (χ0) is 18.5. The Labute approximate surface area is 150 Å². The summed E-state index contributed by atoms with van der Waals surface area (Å²) < 4.78 is 18.7. The van der Waals surface area contributed by atoms with Gasteiger partial charge in [0.25, 0.3) is 6.47 Å². The van der Waals surface area contributed by atoms with Crippen LogP contribution in [0.3, 0.4) is 0 Å². The van der Waals surface area contributed by atoms with Gasteiger partial charge in [-0.05, 0) is 36.6 Å². The zero-order valence-corrected chi connectivity index (χ0v) is 14.0. The summed E-state index contributed by atoms with van der Waals surface area (Å²) in [7, 11) is 0. The molecule has 0 saturated heterocycles. The fraction of sp³-hybridized carbons (Fsp3) is 0.200. The SMILES string of the molecule is O=COC(CCc1ccccc1F)C(=O)C1=C(O)N2C=CC=CC2=CC1. The van der Waals surface area contributed by atoms with Gasteiger partial charge < -0.3 is 9.84 Å². The lowest BCUT2D eigenvalue weighted by molar-refractivity contribution is -0.142. The quantitative estimate of drug-likeness (QED) is 0.760. The molecule has 3 rings (SSSR count). The van der Waals surface area contributed by atoms with Crippen molar-refractivity contribution in [1.82, 2.24) is 4.90 Å². The Morgan fingerprint density at radius 2 is 2.15 bits per heavy atom. The molecule has 6 heteroatoms. The number of carbonyl (C=O) groups excluding carboxylic acids is 2. The molecule has 1 atom stereocenters. The molecule has 2 aliphatic heterocycles. The van der Waals surface area contributed by atoms with Crippen molar-refractivity contribution in [3.05, 3.63) is 83.3 Å². The van der Waals surface area contributed by atoms with E-state index >= 15 is 0 Å². The molecule has 0 aliphatic carbocycles. The average molecular weight is 355 g/mol. The molecule has 0 amide bonds. The Balaban J connectivity index is 1.76. The van der Waals surface area contributed by atoms with Gasteiger partial charge in [-0.3, -0.25) is 14.5 Å². The number of allylic oxidation sites excluding steroid dienone is 4. The Bertz CT molecular complexity index is 838. The second kappa shape index (κ2) is 7.82. The van der Waals surface area contributed by atoms with Crippen molar-refractivity contribution in [2.45, 2.75) is 25.4 Å². The van der Waals surface area contributed by atoms with Gasteiger partial charge in [-0.25, -0.2) is 4.39 Å². The lowest BCUT2D eigenvalue weighted by atomic mass is 9.95. The maximum absolute atomic E-state index is 13.8. The number of ketones is 1. The third-order valence-corrected chi connectivity index (χ3v) is 4.35. The second-order valence-electron chi connectivity index (χ2n) is 5.92. The van der Waals surface area contributed by atoms with Gasteiger partial charge in [0.15, 0.2) is 6.10 Å². The van der Waals surface area contributed by atoms with Crippen molar-refractivity contribution in [3.8, 4) is 0 Å². The van der Waals surface area contributed by atoms with Gasteiger partial charge in [0.1, 0.15) is 5.82 Å². The van der Waals surface area contributed by atoms with Crippen molar-refractivity contribution in [2.75, 3.05) is 0 Å². The molecule has 2 aliphatic rings. The van der Waals surface area contributed by atoms with Crippen molar-refractivity contribution in [3.63, 3.8) is 0 Å². The van der Waals surface area contributed by atoms with E-state index in [4.69, 9.17) is 4.74 Å². The van der Waals surface area contributed by atoms with Gasteiger partial charge in [0, 0.05) is 18.3 Å². The molecule has 134 valence electrons. The van der Waals surface area contributed by atoms with Crippen LogP contribution in [0.25, 0.3) is 0 Å². The van der Waals surface area contributed by atoms with Crippen LogP contribution < -0.4 is 0 Å². The molecule has 2 heterocycles. The first-order valence-corrected chi connectivity index (χ1v) is 8.25. The molecule has 1 unspecified atom stereocenters. The minimum absolute atomic E-state index is 0.127. The van der Waals surface area contributed by atoms with E-state index in [1.54, 1.807) is 30.5 Å². The number of fused-ring (bicyclic) bond motifs is 1. The van der Waals surface area contributed by atoms with Crippen LogP contribution in [-0.2, 0) is 20.7 Å². The van der Waals surface area contributed by atoms with Gasteiger partial charge in [-0.15, -0.1) is 0 Å². The fourth-order valence-electron chi connectivity index (χ4n) is 2.98. The number of halogens is 1. The van der Waals surface area contributed by atoms with E-state index in [9.17, 15) is 19.1 Å². The standard InChI is InChI=1S/C20H18FNO4/c21-17-7-2-1-5-14(17)8-11-18(26-13-23)19(24)16-10-9-15-6-3-4-12-22(15)20(16)25/h1-7,9,12-13,18,25H,8,10-11H2. The average Bonchev–Trinajstić information content (AvgIpc) is 2.66. The van der Waals surface area contributed by atoms with E-state index in [1.807, 2.05) is 18.2 Å². The minimum Gasteiger partial charge on any atom is -0.494 e. The predicted octanol–water partition coefficient (Wildman–Crippen LogP) is 3.31. The topological polar surface area (TPSA) is 66.8 Å². The summed E-state index contributed by atoms with van der Waals surface area (Å²) in [4.78, 5) is 25.1. The number of hydrogen-bond donors (Lipinski definition) is 1. The molecule has 5 nitrogen and oxygen atoms in total. The molecule has 1 N–H and O–H groups in total. The minimum atomic E-state index is -1.08. The fourth-order valence-corrected chi connectivity index (χ4v) is 2.98. The van der Waals surface area contributed by atoms with Crippen LogP contribution in [0.4, 0.5) is 4.39 Å². The number of nitrogens with zero attached hydrogens (tertiary/aromatic N) is 1. The lowest BCUT2D eigenvalue weighted by Gasteiger charge is -2.29. The lowest BCUT2D eigenvalue weighted by Crippen LogP contribution is -2.31. The first-order valence-electron chi connectivity index (χ1n) is 8.25. The first kappa shape index (κ1) is 17.7. The number of aliphatic hydroxyl groups is 1. The van der Waals surface area contributed by atoms with Crippen LogP contribution in [0.2, 0.25) is 0 Å². The number of benzene rings is 1. The first-order chi connectivity index (χ1) is 12.6. The number of aliphatic hydroxyl groups excluding tert-OH is 1. The summed E-state index contributed by atoms with van der Waals surface area (Å²) in [5.74, 6) is -1.04. The van der Waals surface area contributed by atoms with Gasteiger partial charge in [0.2, 0.25) is 11.7 Å². The summed E-state index contributed by atoms with van der Waals surface area (Å²) in [6, 6.07) is 6.24. The molecule has 1 aromatic carbocycles. The number of Topliss-reactive ketones (excluding diaryl/α,β-unsaturated/α-hetero) is 1. The Hall–Kier alpha value is -3.15. The maximum Gasteiger partial charge on any atom is 0.293 e. The molecule has 0 spiro atoms. The maximum atomic E-state index is 13.8. The number of ether oxygens (including phenoxy) is 1. The molecule has 1 aromatic rings. The number of carbonyl (C=O) groups is 2. The summed E-state index contributed by atoms with van der Waals surface area (Å²) in [5, 5.41) is 10.4. The summed E-state index contributed by atoms with van der Waals surface area (Å²) in [5.41, 5.74) is 1.36. The molecule has 0 aromatic heterocycles. The number of rotatable bonds is 7. The molecule has 26 heavy (non-hydrogen) atoms. The smallest absolute Gasteiger partial charge is 0.293 e. The van der Waals surface area contributed by atoms with Crippen LogP contribution in [0, 0.1) is 5.82 Å². The third-order valence-electron chi connectivity index (χ3n) is 4.35. The van der Waals surface area contributed by atoms with Gasteiger partial charge in [-0.2, -0.15) is 0 Å². The molecule has 0 radical (unpaired) electrons. The monoisotopic (exact) mass is 355 g/mol. The summed E-state index contributed by atoms with van der Waals surface area (Å²) in [6.07, 6.45) is 8.34. The highest BCUT2D eigenvalue weighted by molar-refractivity contribution is 6.00. The molecule has 0 saturated carbocycles. The number of aryl methyl sites for hydroxylation is 1. The van der Waals surface area contributed by atoms with Crippen LogP contribution in [0.5, 0.6) is 0 Å². The van der Waals surface area contributed by atoms with Crippen LogP contribution in [0.1, 0.15) is 18.4 Å². The van der Waals surface area contributed by atoms with Gasteiger partial charge in [-0.1, -0.05) is 30.4 Å². The van der Waals surface area contributed by atoms with Gasteiger partial charge >= 0.3 is 0 Å². The van der Waals surface area contributed by atoms with Crippen molar-refractivity contribution < 1.29 is 23.8 Å². The molecule has 0 fully saturated rings. The highest BCUT2D eigenvalue weighted by atomic mass is 19.1. The molecule has 0 bridgehead atoms. The van der Waals surface area contributed by atoms with Crippen LogP contribution in [0.15, 0.2) is 71.9 Å². The Morgan fingerprint density at radius 1 is 1.35 bits per heavy atom. The number of hydrogen-bond acceptors (Lipinski definition) is 5. The Kier molecular flexibility index (Phi) is 5.31. The van der Waals surface area contributed by atoms with Crippen LogP contribution in [-0.4, -0.2) is 28.4 Å². The highest BCUT2D eigenvalue weighted by Crippen LogP contribution is 2.29. The van der Waals surface area contributed by atoms with E-state index in [-0.39, 0.29) is 43.0 Å². The van der Waals surface area contributed by atoms with Crippen molar-refractivity contribution in [2.24, 2.45) is 0 Å². The van der Waals surface area contributed by atoms with E-state index in [0.717, 1.165) is 5.70 Å². The second-order valence-corrected chi connectivity index (χ2v) is 5.92. The van der Waals surface area contributed by atoms with E-state index < -0.39 is 11.9 Å². The molecular formula is C20H18FNO4. The molecular weight excluding hydrogens is 337 g/mol. The van der Waals surface area contributed by atoms with E-state index in [1.165, 1.54) is 11.0 Å². The normalized spacial score (nSPS) is 16.8. The summed E-state index contributed by atoms with van der Waals surface area (Å²) in [6.45, 7) is 0.204. The van der Waals surface area contributed by atoms with Gasteiger partial charge in [0.05, 0.1) is 5.57 Å². The van der Waals surface area contributed by atoms with E-state index in [2.05, 4.69) is 0 Å². The highest BCUT2D eigenvalue weighted by Gasteiger charge is 2.30. The zero-order valence-electron chi connectivity index (χ0n) is 14.0. The Morgan fingerprint density at radius 3 is 2.92 bits per heavy atom. The third kappa shape index (κ3) is 3.59.